The number of carbonyl (C=O) groups is 2. The van der Waals surface area contributed by atoms with Gasteiger partial charge in [-0.2, -0.15) is 0 Å². The first-order valence-corrected chi connectivity index (χ1v) is 8.31. The van der Waals surface area contributed by atoms with Gasteiger partial charge in [0.25, 0.3) is 0 Å². The largest absolute Gasteiger partial charge is 0.476 e. The summed E-state index contributed by atoms with van der Waals surface area (Å²) in [6.45, 7) is 3.28. The summed E-state index contributed by atoms with van der Waals surface area (Å²) < 4.78 is 11.2. The van der Waals surface area contributed by atoms with Crippen LogP contribution < -0.4 is 14.8 Å². The maximum absolute atomic E-state index is 12.5. The van der Waals surface area contributed by atoms with Crippen LogP contribution in [0.2, 0.25) is 5.02 Å². The number of amides is 1. The van der Waals surface area contributed by atoms with Gasteiger partial charge in [-0.25, -0.2) is 4.79 Å². The Bertz CT molecular complexity index is 815. The Morgan fingerprint density at radius 1 is 1.08 bits per heavy atom. The summed E-state index contributed by atoms with van der Waals surface area (Å²) in [6, 6.07) is 11.9. The summed E-state index contributed by atoms with van der Waals surface area (Å²) in [5.74, 6) is 0.434. The summed E-state index contributed by atoms with van der Waals surface area (Å²) in [6.07, 6.45) is 1.05. The van der Waals surface area contributed by atoms with Crippen LogP contribution in [0.25, 0.3) is 0 Å². The Morgan fingerprint density at radius 3 is 2.48 bits per heavy atom. The maximum atomic E-state index is 12.5. The average molecular weight is 360 g/mol. The third-order valence-electron chi connectivity index (χ3n) is 3.86. The van der Waals surface area contributed by atoms with Crippen LogP contribution in [0.4, 0.5) is 5.69 Å². The van der Waals surface area contributed by atoms with E-state index in [1.165, 1.54) is 0 Å². The van der Waals surface area contributed by atoms with Crippen LogP contribution in [0.1, 0.15) is 25.8 Å². The fourth-order valence-corrected chi connectivity index (χ4v) is 2.62. The number of ether oxygens (including phenoxy) is 2. The molecule has 1 heterocycles. The van der Waals surface area contributed by atoms with Crippen LogP contribution in [0.5, 0.6) is 11.5 Å². The van der Waals surface area contributed by atoms with Crippen molar-refractivity contribution in [1.82, 2.24) is 0 Å². The van der Waals surface area contributed by atoms with E-state index in [1.807, 2.05) is 0 Å². The van der Waals surface area contributed by atoms with Crippen molar-refractivity contribution in [2.24, 2.45) is 0 Å². The lowest BCUT2D eigenvalue weighted by molar-refractivity contribution is -0.149. The first-order valence-electron chi connectivity index (χ1n) is 7.93. The van der Waals surface area contributed by atoms with E-state index in [0.29, 0.717) is 29.4 Å². The molecule has 2 aromatic carbocycles. The Hall–Kier alpha value is -2.53. The van der Waals surface area contributed by atoms with Gasteiger partial charge in [0.1, 0.15) is 11.5 Å². The molecule has 1 N–H and O–H groups in total. The summed E-state index contributed by atoms with van der Waals surface area (Å²) in [7, 11) is 0. The van der Waals surface area contributed by atoms with Crippen molar-refractivity contribution in [1.29, 1.82) is 0 Å². The summed E-state index contributed by atoms with van der Waals surface area (Å²) in [5.41, 5.74) is 0.534. The van der Waals surface area contributed by atoms with Gasteiger partial charge in [0, 0.05) is 17.1 Å². The molecule has 0 bridgehead atoms. The van der Waals surface area contributed by atoms with Gasteiger partial charge in [0.15, 0.2) is 0 Å². The number of aryl methyl sites for hydroxylation is 1. The van der Waals surface area contributed by atoms with Crippen LogP contribution in [-0.2, 0) is 16.0 Å². The molecule has 0 atom stereocenters. The third-order valence-corrected chi connectivity index (χ3v) is 4.11. The van der Waals surface area contributed by atoms with Crippen molar-refractivity contribution in [3.63, 3.8) is 0 Å². The number of hydrogen-bond donors (Lipinski definition) is 1. The van der Waals surface area contributed by atoms with Crippen LogP contribution in [0.15, 0.2) is 42.5 Å². The smallest absolute Gasteiger partial charge is 0.355 e. The summed E-state index contributed by atoms with van der Waals surface area (Å²) in [4.78, 5) is 23.9. The van der Waals surface area contributed by atoms with Crippen LogP contribution >= 0.6 is 11.6 Å². The van der Waals surface area contributed by atoms with Gasteiger partial charge >= 0.3 is 5.97 Å². The maximum Gasteiger partial charge on any atom is 0.355 e. The molecule has 0 radical (unpaired) electrons. The molecule has 0 unspecified atom stereocenters. The number of esters is 1. The third kappa shape index (κ3) is 4.12. The van der Waals surface area contributed by atoms with E-state index in [1.54, 1.807) is 56.3 Å². The second-order valence-corrected chi connectivity index (χ2v) is 6.76. The number of rotatable bonds is 4. The number of carbonyl (C=O) groups excluding carboxylic acids is 2. The van der Waals surface area contributed by atoms with Crippen molar-refractivity contribution in [2.75, 3.05) is 5.32 Å². The minimum atomic E-state index is -1.17. The lowest BCUT2D eigenvalue weighted by Crippen LogP contribution is -2.41. The van der Waals surface area contributed by atoms with Crippen molar-refractivity contribution in [2.45, 2.75) is 32.3 Å². The highest BCUT2D eigenvalue weighted by Gasteiger charge is 2.32. The molecule has 0 saturated carbocycles. The first kappa shape index (κ1) is 17.3. The molecule has 0 aliphatic carbocycles. The topological polar surface area (TPSA) is 64.6 Å². The molecule has 0 fully saturated rings. The summed E-state index contributed by atoms with van der Waals surface area (Å²) in [5, 5.41) is 3.38. The second-order valence-electron chi connectivity index (χ2n) is 6.32. The number of fused-ring (bicyclic) bond motifs is 1. The molecule has 3 rings (SSSR count). The van der Waals surface area contributed by atoms with Gasteiger partial charge < -0.3 is 14.8 Å². The minimum Gasteiger partial charge on any atom is -0.476 e. The molecule has 5 nitrogen and oxygen atoms in total. The Labute approximate surface area is 150 Å². The molecule has 130 valence electrons. The van der Waals surface area contributed by atoms with Gasteiger partial charge in [0.05, 0.1) is 0 Å². The standard InChI is InChI=1S/C19H18ClNO4/c1-19(2,25-14-6-4-13(20)5-7-14)18(23)24-15-8-9-16-12(11-15)3-10-17(22)21-16/h4-9,11H,3,10H2,1-2H3,(H,21,22). The van der Waals surface area contributed by atoms with Gasteiger partial charge in [-0.1, -0.05) is 11.6 Å². The SMILES string of the molecule is CC(C)(Oc1ccc(Cl)cc1)C(=O)Oc1ccc2c(c1)CCC(=O)N2. The van der Waals surface area contributed by atoms with Gasteiger partial charge in [-0.15, -0.1) is 0 Å². The van der Waals surface area contributed by atoms with E-state index >= 15 is 0 Å². The van der Waals surface area contributed by atoms with Crippen LogP contribution in [0.3, 0.4) is 0 Å². The van der Waals surface area contributed by atoms with Crippen LogP contribution in [-0.4, -0.2) is 17.5 Å². The zero-order valence-corrected chi connectivity index (χ0v) is 14.7. The lowest BCUT2D eigenvalue weighted by Gasteiger charge is -2.24. The molecular formula is C19H18ClNO4. The molecule has 25 heavy (non-hydrogen) atoms. The van der Waals surface area contributed by atoms with Gasteiger partial charge in [-0.3, -0.25) is 4.79 Å². The predicted molar refractivity (Wildman–Crippen MR) is 95.2 cm³/mol. The molecule has 1 aliphatic rings. The highest BCUT2D eigenvalue weighted by Crippen LogP contribution is 2.28. The fourth-order valence-electron chi connectivity index (χ4n) is 2.49. The van der Waals surface area contributed by atoms with Crippen molar-refractivity contribution in [3.8, 4) is 11.5 Å². The monoisotopic (exact) mass is 359 g/mol. The quantitative estimate of drug-likeness (QED) is 0.662. The molecule has 1 amide bonds. The molecule has 0 aromatic heterocycles. The molecule has 1 aliphatic heterocycles. The summed E-state index contributed by atoms with van der Waals surface area (Å²) >= 11 is 5.85. The van der Waals surface area contributed by atoms with E-state index < -0.39 is 11.6 Å². The van der Waals surface area contributed by atoms with E-state index in [4.69, 9.17) is 21.1 Å². The van der Waals surface area contributed by atoms with Gasteiger partial charge in [-0.05, 0) is 68.3 Å². The lowest BCUT2D eigenvalue weighted by atomic mass is 10.0. The number of halogens is 1. The van der Waals surface area contributed by atoms with E-state index in [0.717, 1.165) is 11.3 Å². The van der Waals surface area contributed by atoms with Crippen molar-refractivity contribution < 1.29 is 19.1 Å². The minimum absolute atomic E-state index is 0.00487. The second kappa shape index (κ2) is 6.76. The van der Waals surface area contributed by atoms with Gasteiger partial charge in [0.2, 0.25) is 11.5 Å². The fraction of sp³-hybridized carbons (Fsp3) is 0.263. The van der Waals surface area contributed by atoms with Crippen molar-refractivity contribution >= 4 is 29.2 Å². The zero-order chi connectivity index (χ0) is 18.0. The normalized spacial score (nSPS) is 13.6. The van der Waals surface area contributed by atoms with E-state index in [9.17, 15) is 9.59 Å². The Kier molecular flexibility index (Phi) is 4.68. The Morgan fingerprint density at radius 2 is 1.76 bits per heavy atom. The Balaban J connectivity index is 1.70. The highest BCUT2D eigenvalue weighted by molar-refractivity contribution is 6.30. The average Bonchev–Trinajstić information content (AvgIpc) is 2.57. The highest BCUT2D eigenvalue weighted by atomic mass is 35.5. The number of nitrogens with one attached hydrogen (secondary N) is 1. The molecule has 0 spiro atoms. The van der Waals surface area contributed by atoms with Crippen molar-refractivity contribution in [3.05, 3.63) is 53.1 Å². The van der Waals surface area contributed by atoms with Crippen LogP contribution in [0, 0.1) is 0 Å². The first-order chi connectivity index (χ1) is 11.8. The predicted octanol–water partition coefficient (Wildman–Crippen LogP) is 3.99. The molecule has 6 heteroatoms. The van der Waals surface area contributed by atoms with E-state index in [-0.39, 0.29) is 5.91 Å². The number of benzene rings is 2. The molecular weight excluding hydrogens is 342 g/mol. The molecule has 2 aromatic rings. The number of anilines is 1. The molecule has 0 saturated heterocycles. The van der Waals surface area contributed by atoms with E-state index in [2.05, 4.69) is 5.32 Å². The zero-order valence-electron chi connectivity index (χ0n) is 14.0. The number of hydrogen-bond acceptors (Lipinski definition) is 4.